The van der Waals surface area contributed by atoms with Gasteiger partial charge in [-0.25, -0.2) is 4.79 Å². The predicted octanol–water partition coefficient (Wildman–Crippen LogP) is 5.61. The summed E-state index contributed by atoms with van der Waals surface area (Å²) in [5.41, 5.74) is 3.11. The summed E-state index contributed by atoms with van der Waals surface area (Å²) in [6.45, 7) is 2.53. The van der Waals surface area contributed by atoms with E-state index in [-0.39, 0.29) is 11.5 Å². The zero-order valence-corrected chi connectivity index (χ0v) is 18.2. The maximum Gasteiger partial charge on any atom is 0.337 e. The molecule has 1 aliphatic rings. The van der Waals surface area contributed by atoms with E-state index in [0.717, 1.165) is 27.5 Å². The molecule has 0 aliphatic heterocycles. The minimum absolute atomic E-state index is 0.0831. The maximum absolute atomic E-state index is 12.7. The first-order chi connectivity index (χ1) is 15.5. The summed E-state index contributed by atoms with van der Waals surface area (Å²) < 4.78 is 0. The van der Waals surface area contributed by atoms with Crippen molar-refractivity contribution >= 4 is 33.9 Å². The number of nitrogens with one attached hydrogen (secondary N) is 2. The third-order valence-electron chi connectivity index (χ3n) is 6.07. The second-order valence-electron chi connectivity index (χ2n) is 8.43. The first-order valence-corrected chi connectivity index (χ1v) is 11.1. The van der Waals surface area contributed by atoms with Crippen molar-refractivity contribution in [1.82, 2.24) is 5.32 Å². The van der Waals surface area contributed by atoms with Crippen molar-refractivity contribution < 1.29 is 14.7 Å². The average Bonchev–Trinajstić information content (AvgIpc) is 3.31. The number of carbonyl (C=O) groups excluding carboxylic acids is 1. The molecule has 0 unspecified atom stereocenters. The normalized spacial score (nSPS) is 14.6. The number of benzene rings is 3. The van der Waals surface area contributed by atoms with Crippen LogP contribution in [0.4, 0.5) is 5.69 Å². The van der Waals surface area contributed by atoms with Crippen LogP contribution in [0.5, 0.6) is 0 Å². The van der Waals surface area contributed by atoms with Crippen LogP contribution in [0.15, 0.2) is 66.7 Å². The standard InChI is InChI=1S/C27H28N2O3/c1-18(21-12-11-20-6-2-3-7-22(20)16-21)14-26(30)29-25-15-19(10-13-24(25)27(31)32)17-28-23-8-4-5-9-23/h2-3,6-7,10-16,23,28H,4-5,8-9,17H2,1H3,(H,29,30)(H,31,32). The quantitative estimate of drug-likeness (QED) is 0.427. The summed E-state index contributed by atoms with van der Waals surface area (Å²) in [6.07, 6.45) is 6.37. The van der Waals surface area contributed by atoms with Crippen LogP contribution in [0.3, 0.4) is 0 Å². The molecule has 1 aliphatic carbocycles. The summed E-state index contributed by atoms with van der Waals surface area (Å²) in [5.74, 6) is -1.41. The summed E-state index contributed by atoms with van der Waals surface area (Å²) in [7, 11) is 0. The Hall–Kier alpha value is -3.44. The SMILES string of the molecule is CC(=CC(=O)Nc1cc(CNC2CCCC2)ccc1C(=O)O)c1ccc2ccccc2c1. The molecule has 0 bridgehead atoms. The molecule has 1 saturated carbocycles. The van der Waals surface area contributed by atoms with Crippen LogP contribution in [0, 0.1) is 0 Å². The van der Waals surface area contributed by atoms with Crippen LogP contribution < -0.4 is 10.6 Å². The van der Waals surface area contributed by atoms with E-state index in [0.29, 0.717) is 18.3 Å². The Labute approximate surface area is 188 Å². The van der Waals surface area contributed by atoms with Crippen molar-refractivity contribution in [2.45, 2.75) is 45.2 Å². The first kappa shape index (κ1) is 21.8. The van der Waals surface area contributed by atoms with Crippen molar-refractivity contribution in [3.05, 3.63) is 83.4 Å². The highest BCUT2D eigenvalue weighted by Crippen LogP contribution is 2.23. The largest absolute Gasteiger partial charge is 0.478 e. The van der Waals surface area contributed by atoms with Crippen LogP contribution in [0.2, 0.25) is 0 Å². The topological polar surface area (TPSA) is 78.4 Å². The van der Waals surface area contributed by atoms with Gasteiger partial charge in [-0.1, -0.05) is 55.3 Å². The Morgan fingerprint density at radius 1 is 1.00 bits per heavy atom. The summed E-state index contributed by atoms with van der Waals surface area (Å²) >= 11 is 0. The minimum Gasteiger partial charge on any atom is -0.478 e. The molecule has 164 valence electrons. The number of carbonyl (C=O) groups is 2. The van der Waals surface area contributed by atoms with E-state index in [1.165, 1.54) is 31.8 Å². The summed E-state index contributed by atoms with van der Waals surface area (Å²) in [6, 6.07) is 19.8. The molecule has 0 saturated heterocycles. The number of anilines is 1. The fraction of sp³-hybridized carbons (Fsp3) is 0.259. The van der Waals surface area contributed by atoms with E-state index >= 15 is 0 Å². The van der Waals surface area contributed by atoms with Gasteiger partial charge in [0.2, 0.25) is 5.91 Å². The van der Waals surface area contributed by atoms with E-state index in [1.54, 1.807) is 18.2 Å². The Kier molecular flexibility index (Phi) is 6.66. The fourth-order valence-corrected chi connectivity index (χ4v) is 4.27. The monoisotopic (exact) mass is 428 g/mol. The highest BCUT2D eigenvalue weighted by atomic mass is 16.4. The van der Waals surface area contributed by atoms with Gasteiger partial charge < -0.3 is 15.7 Å². The Morgan fingerprint density at radius 2 is 1.75 bits per heavy atom. The van der Waals surface area contributed by atoms with Crippen LogP contribution >= 0.6 is 0 Å². The number of rotatable bonds is 7. The molecule has 5 heteroatoms. The van der Waals surface area contributed by atoms with Crippen molar-refractivity contribution in [2.75, 3.05) is 5.32 Å². The van der Waals surface area contributed by atoms with Crippen molar-refractivity contribution in [3.8, 4) is 0 Å². The smallest absolute Gasteiger partial charge is 0.337 e. The molecule has 1 fully saturated rings. The Bertz CT molecular complexity index is 1180. The predicted molar refractivity (Wildman–Crippen MR) is 129 cm³/mol. The number of aromatic carboxylic acids is 1. The second kappa shape index (κ2) is 9.79. The molecule has 32 heavy (non-hydrogen) atoms. The molecule has 4 rings (SSSR count). The van der Waals surface area contributed by atoms with Crippen LogP contribution in [0.25, 0.3) is 16.3 Å². The molecule has 0 aromatic heterocycles. The lowest BCUT2D eigenvalue weighted by Gasteiger charge is -2.14. The lowest BCUT2D eigenvalue weighted by Crippen LogP contribution is -2.25. The third kappa shape index (κ3) is 5.24. The van der Waals surface area contributed by atoms with Gasteiger partial charge >= 0.3 is 5.97 Å². The van der Waals surface area contributed by atoms with E-state index in [9.17, 15) is 14.7 Å². The van der Waals surface area contributed by atoms with E-state index in [4.69, 9.17) is 0 Å². The van der Waals surface area contributed by atoms with E-state index < -0.39 is 5.97 Å². The third-order valence-corrected chi connectivity index (χ3v) is 6.07. The molecule has 3 aromatic rings. The van der Waals surface area contributed by atoms with Crippen LogP contribution in [0.1, 0.15) is 54.1 Å². The van der Waals surface area contributed by atoms with E-state index in [2.05, 4.69) is 10.6 Å². The summed E-state index contributed by atoms with van der Waals surface area (Å²) in [5, 5.41) is 18.1. The highest BCUT2D eigenvalue weighted by molar-refractivity contribution is 6.07. The lowest BCUT2D eigenvalue weighted by molar-refractivity contribution is -0.111. The second-order valence-corrected chi connectivity index (χ2v) is 8.43. The average molecular weight is 429 g/mol. The fourth-order valence-electron chi connectivity index (χ4n) is 4.27. The Morgan fingerprint density at radius 3 is 2.50 bits per heavy atom. The van der Waals surface area contributed by atoms with Crippen molar-refractivity contribution in [3.63, 3.8) is 0 Å². The maximum atomic E-state index is 12.7. The molecule has 1 amide bonds. The molecule has 3 aromatic carbocycles. The molecule has 0 atom stereocenters. The first-order valence-electron chi connectivity index (χ1n) is 11.1. The van der Waals surface area contributed by atoms with Gasteiger partial charge in [0.1, 0.15) is 0 Å². The molecule has 0 heterocycles. The van der Waals surface area contributed by atoms with Gasteiger partial charge in [0.05, 0.1) is 11.3 Å². The molecule has 3 N–H and O–H groups in total. The van der Waals surface area contributed by atoms with Gasteiger partial charge in [0.15, 0.2) is 0 Å². The number of allylic oxidation sites excluding steroid dienone is 1. The molecule has 0 spiro atoms. The molecule has 0 radical (unpaired) electrons. The molecular weight excluding hydrogens is 400 g/mol. The number of hydrogen-bond donors (Lipinski definition) is 3. The highest BCUT2D eigenvalue weighted by Gasteiger charge is 2.16. The van der Waals surface area contributed by atoms with E-state index in [1.807, 2.05) is 49.4 Å². The number of amides is 1. The minimum atomic E-state index is -1.06. The molecular formula is C27H28N2O3. The van der Waals surface area contributed by atoms with Gasteiger partial charge in [-0.05, 0) is 65.4 Å². The lowest BCUT2D eigenvalue weighted by atomic mass is 10.0. The van der Waals surface area contributed by atoms with Crippen molar-refractivity contribution in [2.24, 2.45) is 0 Å². The number of carboxylic acid groups (broad SMARTS) is 1. The van der Waals surface area contributed by atoms with Crippen LogP contribution in [-0.4, -0.2) is 23.0 Å². The zero-order chi connectivity index (χ0) is 22.5. The van der Waals surface area contributed by atoms with Crippen LogP contribution in [-0.2, 0) is 11.3 Å². The van der Waals surface area contributed by atoms with Gasteiger partial charge in [-0.15, -0.1) is 0 Å². The number of carboxylic acids is 1. The number of hydrogen-bond acceptors (Lipinski definition) is 3. The van der Waals surface area contributed by atoms with Gasteiger partial charge in [-0.3, -0.25) is 4.79 Å². The Balaban J connectivity index is 1.50. The van der Waals surface area contributed by atoms with Gasteiger partial charge in [-0.2, -0.15) is 0 Å². The van der Waals surface area contributed by atoms with Gasteiger partial charge in [0.25, 0.3) is 0 Å². The molecule has 5 nitrogen and oxygen atoms in total. The zero-order valence-electron chi connectivity index (χ0n) is 18.2. The number of fused-ring (bicyclic) bond motifs is 1. The van der Waals surface area contributed by atoms with Crippen molar-refractivity contribution in [1.29, 1.82) is 0 Å². The summed E-state index contributed by atoms with van der Waals surface area (Å²) in [4.78, 5) is 24.4. The van der Waals surface area contributed by atoms with Gasteiger partial charge in [0, 0.05) is 18.7 Å².